The summed E-state index contributed by atoms with van der Waals surface area (Å²) in [5.74, 6) is 1.01. The number of hydrogen-bond donors (Lipinski definition) is 2. The van der Waals surface area contributed by atoms with Crippen LogP contribution in [0.2, 0.25) is 0 Å². The number of carbonyl (C=O) groups is 1. The fourth-order valence-electron chi connectivity index (χ4n) is 2.54. The van der Waals surface area contributed by atoms with Gasteiger partial charge >= 0.3 is 0 Å². The summed E-state index contributed by atoms with van der Waals surface area (Å²) in [5.41, 5.74) is 8.15. The van der Waals surface area contributed by atoms with Crippen molar-refractivity contribution >= 4 is 27.9 Å². The minimum atomic E-state index is -0.0940. The number of amides is 1. The van der Waals surface area contributed by atoms with E-state index in [2.05, 4.69) is 37.7 Å². The van der Waals surface area contributed by atoms with Crippen molar-refractivity contribution < 1.29 is 4.79 Å². The topological polar surface area (TPSA) is 58.4 Å². The largest absolute Gasteiger partial charge is 0.397 e. The van der Waals surface area contributed by atoms with E-state index < -0.39 is 0 Å². The molecule has 1 aliphatic carbocycles. The molecule has 0 saturated heterocycles. The number of thiophene rings is 1. The van der Waals surface area contributed by atoms with E-state index in [0.717, 1.165) is 11.5 Å². The van der Waals surface area contributed by atoms with Crippen LogP contribution in [0.25, 0.3) is 0 Å². The lowest BCUT2D eigenvalue weighted by Crippen LogP contribution is -2.23. The molecule has 0 spiro atoms. The highest BCUT2D eigenvalue weighted by molar-refractivity contribution is 7.18. The molecule has 0 bridgehead atoms. The summed E-state index contributed by atoms with van der Waals surface area (Å²) in [6.07, 6.45) is 4.03. The second-order valence-corrected chi connectivity index (χ2v) is 7.11. The summed E-state index contributed by atoms with van der Waals surface area (Å²) >= 11 is 1.52. The Bertz CT molecular complexity index is 532. The minimum Gasteiger partial charge on any atom is -0.397 e. The molecule has 1 fully saturated rings. The fourth-order valence-corrected chi connectivity index (χ4v) is 3.73. The first kappa shape index (κ1) is 15.9. The van der Waals surface area contributed by atoms with Gasteiger partial charge in [0, 0.05) is 25.7 Å². The van der Waals surface area contributed by atoms with Crippen molar-refractivity contribution in [3.8, 4) is 0 Å². The van der Waals surface area contributed by atoms with Gasteiger partial charge in [0.1, 0.15) is 4.88 Å². The molecule has 0 unspecified atom stereocenters. The van der Waals surface area contributed by atoms with Crippen molar-refractivity contribution in [3.63, 3.8) is 0 Å². The van der Waals surface area contributed by atoms with E-state index in [9.17, 15) is 4.79 Å². The molecular weight excluding hydrogens is 282 g/mol. The van der Waals surface area contributed by atoms with Crippen LogP contribution in [0, 0.1) is 5.92 Å². The predicted octanol–water partition coefficient (Wildman–Crippen LogP) is 3.22. The second-order valence-electron chi connectivity index (χ2n) is 6.11. The van der Waals surface area contributed by atoms with E-state index in [1.807, 2.05) is 0 Å². The SMILES string of the molecule is C=CCNC(=O)c1sc(N(C)CC(C)C)c(C2CC2)c1N. The fraction of sp³-hybridized carbons (Fsp3) is 0.562. The molecule has 1 aliphatic rings. The van der Waals surface area contributed by atoms with Crippen LogP contribution in [-0.4, -0.2) is 26.0 Å². The molecule has 3 N–H and O–H groups in total. The van der Waals surface area contributed by atoms with Crippen LogP contribution in [0.5, 0.6) is 0 Å². The van der Waals surface area contributed by atoms with E-state index in [-0.39, 0.29) is 5.91 Å². The molecule has 1 heterocycles. The van der Waals surface area contributed by atoms with Crippen LogP contribution in [0.15, 0.2) is 12.7 Å². The summed E-state index contributed by atoms with van der Waals surface area (Å²) < 4.78 is 0. The zero-order chi connectivity index (χ0) is 15.6. The van der Waals surface area contributed by atoms with E-state index in [1.165, 1.54) is 29.7 Å². The third-order valence-corrected chi connectivity index (χ3v) is 4.88. The van der Waals surface area contributed by atoms with Gasteiger partial charge in [-0.3, -0.25) is 4.79 Å². The highest BCUT2D eigenvalue weighted by Crippen LogP contribution is 2.51. The Morgan fingerprint density at radius 2 is 2.24 bits per heavy atom. The van der Waals surface area contributed by atoms with E-state index in [0.29, 0.717) is 28.9 Å². The van der Waals surface area contributed by atoms with Gasteiger partial charge in [0.05, 0.1) is 10.7 Å². The summed E-state index contributed by atoms with van der Waals surface area (Å²) in [6.45, 7) is 9.44. The van der Waals surface area contributed by atoms with Crippen molar-refractivity contribution in [2.45, 2.75) is 32.6 Å². The maximum atomic E-state index is 12.2. The zero-order valence-corrected chi connectivity index (χ0v) is 13.9. The Labute approximate surface area is 131 Å². The van der Waals surface area contributed by atoms with Gasteiger partial charge < -0.3 is 16.0 Å². The third kappa shape index (κ3) is 3.59. The Morgan fingerprint density at radius 3 is 2.76 bits per heavy atom. The molecule has 21 heavy (non-hydrogen) atoms. The third-order valence-electron chi connectivity index (χ3n) is 3.55. The van der Waals surface area contributed by atoms with Crippen LogP contribution in [0.3, 0.4) is 0 Å². The average molecular weight is 307 g/mol. The van der Waals surface area contributed by atoms with Gasteiger partial charge in [0.15, 0.2) is 0 Å². The number of carbonyl (C=O) groups excluding carboxylic acids is 1. The van der Waals surface area contributed by atoms with E-state index >= 15 is 0 Å². The number of nitrogen functional groups attached to an aromatic ring is 1. The van der Waals surface area contributed by atoms with Crippen molar-refractivity contribution in [1.29, 1.82) is 0 Å². The number of nitrogens with zero attached hydrogens (tertiary/aromatic N) is 1. The Kier molecular flexibility index (Phi) is 4.93. The summed E-state index contributed by atoms with van der Waals surface area (Å²) in [6, 6.07) is 0. The molecule has 4 nitrogen and oxygen atoms in total. The summed E-state index contributed by atoms with van der Waals surface area (Å²) in [5, 5.41) is 3.98. The van der Waals surface area contributed by atoms with Crippen LogP contribution in [0.4, 0.5) is 10.7 Å². The standard InChI is InChI=1S/C16H25N3OS/c1-5-8-18-15(20)14-13(17)12(11-6-7-11)16(21-14)19(4)9-10(2)3/h5,10-11H,1,6-9,17H2,2-4H3,(H,18,20). The molecule has 0 atom stereocenters. The molecule has 0 aliphatic heterocycles. The smallest absolute Gasteiger partial charge is 0.263 e. The normalized spacial score (nSPS) is 14.3. The summed E-state index contributed by atoms with van der Waals surface area (Å²) in [4.78, 5) is 15.1. The molecule has 0 radical (unpaired) electrons. The van der Waals surface area contributed by atoms with Gasteiger partial charge in [0.25, 0.3) is 5.91 Å². The van der Waals surface area contributed by atoms with E-state index in [4.69, 9.17) is 5.73 Å². The van der Waals surface area contributed by atoms with Crippen LogP contribution >= 0.6 is 11.3 Å². The van der Waals surface area contributed by atoms with Crippen LogP contribution in [-0.2, 0) is 0 Å². The molecule has 1 saturated carbocycles. The number of hydrogen-bond acceptors (Lipinski definition) is 4. The number of nitrogens with two attached hydrogens (primary N) is 1. The van der Waals surface area contributed by atoms with Crippen LogP contribution < -0.4 is 16.0 Å². The maximum Gasteiger partial charge on any atom is 0.263 e. The Balaban J connectivity index is 2.31. The quantitative estimate of drug-likeness (QED) is 0.760. The zero-order valence-electron chi connectivity index (χ0n) is 13.1. The molecule has 1 amide bonds. The second kappa shape index (κ2) is 6.52. The van der Waals surface area contributed by atoms with Gasteiger partial charge in [0.2, 0.25) is 0 Å². The molecule has 1 aromatic rings. The summed E-state index contributed by atoms with van der Waals surface area (Å²) in [7, 11) is 2.09. The van der Waals surface area contributed by atoms with Crippen molar-refractivity contribution in [2.24, 2.45) is 5.92 Å². The highest BCUT2D eigenvalue weighted by Gasteiger charge is 2.34. The lowest BCUT2D eigenvalue weighted by atomic mass is 10.1. The van der Waals surface area contributed by atoms with Gasteiger partial charge in [-0.05, 0) is 24.7 Å². The monoisotopic (exact) mass is 307 g/mol. The number of anilines is 2. The molecule has 5 heteroatoms. The van der Waals surface area contributed by atoms with Gasteiger partial charge in [-0.15, -0.1) is 17.9 Å². The Morgan fingerprint density at radius 1 is 1.57 bits per heavy atom. The first-order valence-corrected chi connectivity index (χ1v) is 8.29. The molecule has 0 aromatic carbocycles. The van der Waals surface area contributed by atoms with Gasteiger partial charge in [-0.2, -0.15) is 0 Å². The molecular formula is C16H25N3OS. The van der Waals surface area contributed by atoms with Crippen molar-refractivity contribution in [3.05, 3.63) is 23.1 Å². The predicted molar refractivity (Wildman–Crippen MR) is 91.3 cm³/mol. The van der Waals surface area contributed by atoms with Gasteiger partial charge in [-0.25, -0.2) is 0 Å². The molecule has 1 aromatic heterocycles. The first-order chi connectivity index (χ1) is 9.95. The van der Waals surface area contributed by atoms with Gasteiger partial charge in [-0.1, -0.05) is 19.9 Å². The van der Waals surface area contributed by atoms with E-state index in [1.54, 1.807) is 6.08 Å². The lowest BCUT2D eigenvalue weighted by molar-refractivity contribution is 0.0963. The lowest BCUT2D eigenvalue weighted by Gasteiger charge is -2.21. The maximum absolute atomic E-state index is 12.2. The highest BCUT2D eigenvalue weighted by atomic mass is 32.1. The molecule has 116 valence electrons. The van der Waals surface area contributed by atoms with Crippen molar-refractivity contribution in [2.75, 3.05) is 30.8 Å². The molecule has 2 rings (SSSR count). The van der Waals surface area contributed by atoms with Crippen LogP contribution in [0.1, 0.15) is 47.8 Å². The minimum absolute atomic E-state index is 0.0940. The number of nitrogens with one attached hydrogen (secondary N) is 1. The average Bonchev–Trinajstić information content (AvgIpc) is 3.18. The number of rotatable bonds is 7. The first-order valence-electron chi connectivity index (χ1n) is 7.48. The van der Waals surface area contributed by atoms with Crippen molar-refractivity contribution in [1.82, 2.24) is 5.32 Å². The Hall–Kier alpha value is -1.49.